The lowest BCUT2D eigenvalue weighted by Gasteiger charge is -2.11. The summed E-state index contributed by atoms with van der Waals surface area (Å²) >= 11 is 0. The molecule has 1 atom stereocenters. The van der Waals surface area contributed by atoms with Crippen molar-refractivity contribution in [2.24, 2.45) is 5.92 Å². The number of anilines is 1. The molecule has 70 valence electrons. The summed E-state index contributed by atoms with van der Waals surface area (Å²) in [5.74, 6) is 0.871. The summed E-state index contributed by atoms with van der Waals surface area (Å²) in [4.78, 5) is 4.03. The van der Waals surface area contributed by atoms with Crippen molar-refractivity contribution in [1.29, 1.82) is 0 Å². The predicted molar refractivity (Wildman–Crippen MR) is 51.1 cm³/mol. The summed E-state index contributed by atoms with van der Waals surface area (Å²) in [5.41, 5.74) is 7.52. The fourth-order valence-corrected chi connectivity index (χ4v) is 1.51. The molecule has 0 aromatic carbocycles. The van der Waals surface area contributed by atoms with Gasteiger partial charge in [-0.25, -0.2) is 4.98 Å². The number of pyridine rings is 1. The van der Waals surface area contributed by atoms with Gasteiger partial charge in [-0.2, -0.15) is 0 Å². The van der Waals surface area contributed by atoms with Crippen LogP contribution in [0.1, 0.15) is 30.1 Å². The molecular weight excluding hydrogens is 164 g/mol. The maximum absolute atomic E-state index is 9.85. The molecule has 1 fully saturated rings. The molecule has 0 aliphatic heterocycles. The van der Waals surface area contributed by atoms with Gasteiger partial charge in [0.05, 0.1) is 6.10 Å². The highest BCUT2D eigenvalue weighted by Crippen LogP contribution is 2.42. The second kappa shape index (κ2) is 3.00. The molecule has 0 radical (unpaired) electrons. The molecule has 0 saturated heterocycles. The topological polar surface area (TPSA) is 59.1 Å². The lowest BCUT2D eigenvalue weighted by molar-refractivity contribution is 0.154. The van der Waals surface area contributed by atoms with Crippen LogP contribution < -0.4 is 5.73 Å². The zero-order chi connectivity index (χ0) is 9.42. The van der Waals surface area contributed by atoms with Crippen LogP contribution in [0.5, 0.6) is 0 Å². The number of hydrogen-bond donors (Lipinski definition) is 2. The van der Waals surface area contributed by atoms with Gasteiger partial charge in [-0.3, -0.25) is 0 Å². The number of aryl methyl sites for hydroxylation is 1. The smallest absolute Gasteiger partial charge is 0.129 e. The Morgan fingerprint density at radius 1 is 1.62 bits per heavy atom. The van der Waals surface area contributed by atoms with E-state index in [1.165, 1.54) is 0 Å². The van der Waals surface area contributed by atoms with E-state index in [0.717, 1.165) is 24.0 Å². The number of aliphatic hydroxyl groups excluding tert-OH is 1. The maximum atomic E-state index is 9.85. The van der Waals surface area contributed by atoms with Gasteiger partial charge in [-0.1, -0.05) is 0 Å². The lowest BCUT2D eigenvalue weighted by atomic mass is 10.1. The van der Waals surface area contributed by atoms with Gasteiger partial charge in [0, 0.05) is 11.8 Å². The van der Waals surface area contributed by atoms with E-state index in [2.05, 4.69) is 4.98 Å². The van der Waals surface area contributed by atoms with E-state index >= 15 is 0 Å². The minimum atomic E-state index is -0.410. The zero-order valence-electron chi connectivity index (χ0n) is 7.70. The molecule has 1 aromatic heterocycles. The first-order chi connectivity index (χ1) is 6.18. The minimum absolute atomic E-state index is 0.408. The molecule has 0 bridgehead atoms. The normalized spacial score (nSPS) is 18.6. The first-order valence-electron chi connectivity index (χ1n) is 4.58. The Bertz CT molecular complexity index is 321. The van der Waals surface area contributed by atoms with E-state index in [9.17, 15) is 5.11 Å². The van der Waals surface area contributed by atoms with Crippen LogP contribution in [-0.4, -0.2) is 10.1 Å². The highest BCUT2D eigenvalue weighted by atomic mass is 16.3. The van der Waals surface area contributed by atoms with Crippen LogP contribution in [0.15, 0.2) is 12.3 Å². The Balaban J connectivity index is 2.31. The number of nitrogens with zero attached hydrogens (tertiary/aromatic N) is 1. The van der Waals surface area contributed by atoms with Crippen LogP contribution in [0.4, 0.5) is 5.82 Å². The number of nitrogens with two attached hydrogens (primary N) is 1. The van der Waals surface area contributed by atoms with Crippen molar-refractivity contribution in [2.45, 2.75) is 25.9 Å². The summed E-state index contributed by atoms with van der Waals surface area (Å²) in [5, 5.41) is 9.85. The third-order valence-corrected chi connectivity index (χ3v) is 2.47. The quantitative estimate of drug-likeness (QED) is 0.720. The Labute approximate surface area is 77.6 Å². The van der Waals surface area contributed by atoms with Gasteiger partial charge in [-0.15, -0.1) is 0 Å². The Morgan fingerprint density at radius 3 is 2.92 bits per heavy atom. The van der Waals surface area contributed by atoms with Crippen LogP contribution in [0.2, 0.25) is 0 Å². The largest absolute Gasteiger partial charge is 0.388 e. The van der Waals surface area contributed by atoms with Gasteiger partial charge in [0.15, 0.2) is 0 Å². The van der Waals surface area contributed by atoms with Gasteiger partial charge in [-0.05, 0) is 37.3 Å². The second-order valence-electron chi connectivity index (χ2n) is 3.77. The predicted octanol–water partition coefficient (Wildman–Crippen LogP) is 1.42. The summed E-state index contributed by atoms with van der Waals surface area (Å²) < 4.78 is 0. The first kappa shape index (κ1) is 8.51. The third-order valence-electron chi connectivity index (χ3n) is 2.47. The highest BCUT2D eigenvalue weighted by Gasteiger charge is 2.32. The molecule has 1 heterocycles. The summed E-state index contributed by atoms with van der Waals surface area (Å²) in [7, 11) is 0. The van der Waals surface area contributed by atoms with Crippen molar-refractivity contribution in [2.75, 3.05) is 5.73 Å². The molecule has 1 aliphatic carbocycles. The van der Waals surface area contributed by atoms with Crippen molar-refractivity contribution in [3.63, 3.8) is 0 Å². The number of hydrogen-bond acceptors (Lipinski definition) is 3. The maximum Gasteiger partial charge on any atom is 0.129 e. The van der Waals surface area contributed by atoms with Crippen LogP contribution in [-0.2, 0) is 0 Å². The van der Waals surface area contributed by atoms with E-state index in [1.54, 1.807) is 6.20 Å². The van der Waals surface area contributed by atoms with Crippen molar-refractivity contribution in [3.05, 3.63) is 23.4 Å². The average molecular weight is 178 g/mol. The van der Waals surface area contributed by atoms with Crippen molar-refractivity contribution in [1.82, 2.24) is 4.98 Å². The molecule has 1 unspecified atom stereocenters. The summed E-state index contributed by atoms with van der Waals surface area (Å²) in [6.07, 6.45) is 3.52. The van der Waals surface area contributed by atoms with Gasteiger partial charge in [0.2, 0.25) is 0 Å². The molecule has 13 heavy (non-hydrogen) atoms. The van der Waals surface area contributed by atoms with E-state index in [0.29, 0.717) is 11.7 Å². The zero-order valence-corrected chi connectivity index (χ0v) is 7.70. The average Bonchev–Trinajstić information content (AvgIpc) is 2.91. The molecule has 1 aromatic rings. The molecule has 3 heteroatoms. The van der Waals surface area contributed by atoms with Crippen molar-refractivity contribution >= 4 is 5.82 Å². The molecule has 2 rings (SSSR count). The van der Waals surface area contributed by atoms with Gasteiger partial charge in [0.1, 0.15) is 5.82 Å². The molecule has 3 N–H and O–H groups in total. The highest BCUT2D eigenvalue weighted by molar-refractivity contribution is 5.42. The Morgan fingerprint density at radius 2 is 2.31 bits per heavy atom. The molecule has 0 spiro atoms. The molecule has 3 nitrogen and oxygen atoms in total. The van der Waals surface area contributed by atoms with E-state index in [-0.39, 0.29) is 0 Å². The second-order valence-corrected chi connectivity index (χ2v) is 3.77. The van der Waals surface area contributed by atoms with Crippen LogP contribution in [0.25, 0.3) is 0 Å². The molecule has 1 aliphatic rings. The van der Waals surface area contributed by atoms with Crippen LogP contribution in [0, 0.1) is 12.8 Å². The fraction of sp³-hybridized carbons (Fsp3) is 0.500. The fourth-order valence-electron chi connectivity index (χ4n) is 1.51. The van der Waals surface area contributed by atoms with Crippen LogP contribution >= 0.6 is 0 Å². The summed E-state index contributed by atoms with van der Waals surface area (Å²) in [6.45, 7) is 1.95. The minimum Gasteiger partial charge on any atom is -0.388 e. The van der Waals surface area contributed by atoms with E-state index in [1.807, 2.05) is 13.0 Å². The number of aliphatic hydroxyl groups is 1. The van der Waals surface area contributed by atoms with E-state index in [4.69, 9.17) is 5.73 Å². The monoisotopic (exact) mass is 178 g/mol. The lowest BCUT2D eigenvalue weighted by Crippen LogP contribution is -2.06. The van der Waals surface area contributed by atoms with E-state index < -0.39 is 6.10 Å². The number of rotatable bonds is 2. The number of aromatic nitrogens is 1. The Kier molecular flexibility index (Phi) is 1.96. The summed E-state index contributed by atoms with van der Waals surface area (Å²) in [6, 6.07) is 1.92. The van der Waals surface area contributed by atoms with Crippen LogP contribution in [0.3, 0.4) is 0 Å². The first-order valence-corrected chi connectivity index (χ1v) is 4.58. The third kappa shape index (κ3) is 1.65. The SMILES string of the molecule is Cc1cnc(N)c(C(O)C2CC2)c1. The van der Waals surface area contributed by atoms with Crippen molar-refractivity contribution in [3.8, 4) is 0 Å². The molecular formula is C10H14N2O. The Hall–Kier alpha value is -1.09. The molecule has 0 amide bonds. The van der Waals surface area contributed by atoms with Gasteiger partial charge in [0.25, 0.3) is 0 Å². The van der Waals surface area contributed by atoms with Gasteiger partial charge < -0.3 is 10.8 Å². The number of nitrogen functional groups attached to an aromatic ring is 1. The molecule has 1 saturated carbocycles. The standard InChI is InChI=1S/C10H14N2O/c1-6-4-8(10(11)12-5-6)9(13)7-2-3-7/h4-5,7,9,13H,2-3H2,1H3,(H2,11,12). The van der Waals surface area contributed by atoms with Gasteiger partial charge >= 0.3 is 0 Å². The van der Waals surface area contributed by atoms with Crippen molar-refractivity contribution < 1.29 is 5.11 Å².